The molecule has 2 aromatic rings. The molecule has 0 radical (unpaired) electrons. The third-order valence-electron chi connectivity index (χ3n) is 2.33. The minimum absolute atomic E-state index is 0.0369. The SMILES string of the molecule is C=CCn1ccc2ccn(C)c2c1=O. The van der Waals surface area contributed by atoms with Crippen LogP contribution in [0.15, 0.2) is 42.0 Å². The van der Waals surface area contributed by atoms with Gasteiger partial charge in [-0.2, -0.15) is 0 Å². The zero-order valence-electron chi connectivity index (χ0n) is 8.10. The number of aryl methyl sites for hydroxylation is 1. The van der Waals surface area contributed by atoms with Crippen molar-refractivity contribution in [2.45, 2.75) is 6.54 Å². The molecule has 0 aliphatic rings. The normalized spacial score (nSPS) is 10.6. The molecule has 2 heterocycles. The maximum absolute atomic E-state index is 11.9. The summed E-state index contributed by atoms with van der Waals surface area (Å²) < 4.78 is 3.49. The summed E-state index contributed by atoms with van der Waals surface area (Å²) in [5, 5.41) is 0.984. The van der Waals surface area contributed by atoms with E-state index in [-0.39, 0.29) is 5.56 Å². The van der Waals surface area contributed by atoms with Gasteiger partial charge < -0.3 is 9.13 Å². The average Bonchev–Trinajstić information content (AvgIpc) is 2.54. The number of pyridine rings is 1. The first-order valence-electron chi connectivity index (χ1n) is 4.49. The fourth-order valence-electron chi connectivity index (χ4n) is 1.61. The summed E-state index contributed by atoms with van der Waals surface area (Å²) >= 11 is 0. The lowest BCUT2D eigenvalue weighted by molar-refractivity contribution is 0.781. The van der Waals surface area contributed by atoms with E-state index in [1.165, 1.54) is 0 Å². The molecule has 2 aromatic heterocycles. The second kappa shape index (κ2) is 3.18. The summed E-state index contributed by atoms with van der Waals surface area (Å²) in [6.45, 7) is 4.18. The molecule has 0 N–H and O–H groups in total. The van der Waals surface area contributed by atoms with E-state index in [1.54, 1.807) is 16.8 Å². The predicted molar refractivity (Wildman–Crippen MR) is 57.4 cm³/mol. The molecule has 2 rings (SSSR count). The van der Waals surface area contributed by atoms with Crippen molar-refractivity contribution < 1.29 is 0 Å². The monoisotopic (exact) mass is 188 g/mol. The first-order chi connectivity index (χ1) is 6.74. The third-order valence-corrected chi connectivity index (χ3v) is 2.33. The fourth-order valence-corrected chi connectivity index (χ4v) is 1.61. The van der Waals surface area contributed by atoms with E-state index in [4.69, 9.17) is 0 Å². The van der Waals surface area contributed by atoms with Gasteiger partial charge in [-0.1, -0.05) is 6.08 Å². The molecule has 0 saturated carbocycles. The Morgan fingerprint density at radius 2 is 2.14 bits per heavy atom. The van der Waals surface area contributed by atoms with Crippen LogP contribution in [0.2, 0.25) is 0 Å². The van der Waals surface area contributed by atoms with Crippen molar-refractivity contribution >= 4 is 10.9 Å². The zero-order valence-corrected chi connectivity index (χ0v) is 8.10. The van der Waals surface area contributed by atoms with Crippen molar-refractivity contribution in [2.75, 3.05) is 0 Å². The Kier molecular flexibility index (Phi) is 2.00. The highest BCUT2D eigenvalue weighted by molar-refractivity contribution is 5.78. The molecule has 0 bridgehead atoms. The van der Waals surface area contributed by atoms with E-state index in [0.717, 1.165) is 10.9 Å². The lowest BCUT2D eigenvalue weighted by atomic mass is 10.3. The highest BCUT2D eigenvalue weighted by Crippen LogP contribution is 2.09. The summed E-state index contributed by atoms with van der Waals surface area (Å²) in [5.74, 6) is 0. The summed E-state index contributed by atoms with van der Waals surface area (Å²) in [6.07, 6.45) is 5.41. The lowest BCUT2D eigenvalue weighted by Crippen LogP contribution is -2.20. The van der Waals surface area contributed by atoms with Gasteiger partial charge >= 0.3 is 0 Å². The Labute approximate surface area is 81.9 Å². The minimum Gasteiger partial charge on any atom is -0.346 e. The zero-order chi connectivity index (χ0) is 10.1. The van der Waals surface area contributed by atoms with Crippen LogP contribution in [0.25, 0.3) is 10.9 Å². The molecule has 72 valence electrons. The molecule has 0 aliphatic heterocycles. The van der Waals surface area contributed by atoms with Crippen LogP contribution in [0.5, 0.6) is 0 Å². The molecule has 0 saturated heterocycles. The molecule has 3 heteroatoms. The summed E-state index contributed by atoms with van der Waals surface area (Å²) in [5.41, 5.74) is 0.782. The number of aromatic nitrogens is 2. The fraction of sp³-hybridized carbons (Fsp3) is 0.182. The Morgan fingerprint density at radius 3 is 2.86 bits per heavy atom. The second-order valence-electron chi connectivity index (χ2n) is 3.29. The van der Waals surface area contributed by atoms with Gasteiger partial charge in [0.1, 0.15) is 5.52 Å². The first kappa shape index (κ1) is 8.81. The van der Waals surface area contributed by atoms with Gasteiger partial charge in [-0.15, -0.1) is 6.58 Å². The number of hydrogen-bond donors (Lipinski definition) is 0. The lowest BCUT2D eigenvalue weighted by Gasteiger charge is -2.02. The van der Waals surface area contributed by atoms with E-state index in [1.807, 2.05) is 29.9 Å². The van der Waals surface area contributed by atoms with Gasteiger partial charge in [-0.05, 0) is 12.1 Å². The molecule has 0 unspecified atom stereocenters. The van der Waals surface area contributed by atoms with E-state index in [9.17, 15) is 4.79 Å². The molecule has 14 heavy (non-hydrogen) atoms. The number of rotatable bonds is 2. The van der Waals surface area contributed by atoms with Crippen molar-refractivity contribution in [3.8, 4) is 0 Å². The second-order valence-corrected chi connectivity index (χ2v) is 3.29. The molecule has 0 fully saturated rings. The van der Waals surface area contributed by atoms with Gasteiger partial charge in [-0.25, -0.2) is 0 Å². The van der Waals surface area contributed by atoms with Gasteiger partial charge in [-0.3, -0.25) is 4.79 Å². The largest absolute Gasteiger partial charge is 0.346 e. The molecule has 0 aromatic carbocycles. The molecule has 0 atom stereocenters. The van der Waals surface area contributed by atoms with Gasteiger partial charge in [0, 0.05) is 31.4 Å². The van der Waals surface area contributed by atoms with Gasteiger partial charge in [0.05, 0.1) is 0 Å². The number of fused-ring (bicyclic) bond motifs is 1. The summed E-state index contributed by atoms with van der Waals surface area (Å²) in [6, 6.07) is 3.88. The molecule has 3 nitrogen and oxygen atoms in total. The summed E-state index contributed by atoms with van der Waals surface area (Å²) in [7, 11) is 1.88. The van der Waals surface area contributed by atoms with Crippen LogP contribution in [0, 0.1) is 0 Å². The molecule has 0 amide bonds. The standard InChI is InChI=1S/C11H12N2O/c1-3-6-13-8-5-9-4-7-12(2)10(9)11(13)14/h3-5,7-8H,1,6H2,2H3. The van der Waals surface area contributed by atoms with Crippen molar-refractivity contribution in [1.82, 2.24) is 9.13 Å². The highest BCUT2D eigenvalue weighted by Gasteiger charge is 2.04. The van der Waals surface area contributed by atoms with E-state index < -0.39 is 0 Å². The van der Waals surface area contributed by atoms with Crippen molar-refractivity contribution in [1.29, 1.82) is 0 Å². The molecule has 0 spiro atoms. The van der Waals surface area contributed by atoms with Gasteiger partial charge in [0.15, 0.2) is 0 Å². The van der Waals surface area contributed by atoms with Crippen LogP contribution in [0.3, 0.4) is 0 Å². The van der Waals surface area contributed by atoms with E-state index >= 15 is 0 Å². The average molecular weight is 188 g/mol. The molecular formula is C11H12N2O. The van der Waals surface area contributed by atoms with Crippen molar-refractivity contribution in [3.05, 3.63) is 47.5 Å². The maximum atomic E-state index is 11.9. The number of nitrogens with zero attached hydrogens (tertiary/aromatic N) is 2. The third kappa shape index (κ3) is 1.18. The van der Waals surface area contributed by atoms with Crippen LogP contribution < -0.4 is 5.56 Å². The van der Waals surface area contributed by atoms with Crippen LogP contribution >= 0.6 is 0 Å². The predicted octanol–water partition coefficient (Wildman–Crippen LogP) is 1.53. The number of allylic oxidation sites excluding steroid dienone is 1. The number of hydrogen-bond acceptors (Lipinski definition) is 1. The van der Waals surface area contributed by atoms with E-state index in [2.05, 4.69) is 6.58 Å². The van der Waals surface area contributed by atoms with Crippen LogP contribution in [0.1, 0.15) is 0 Å². The molecular weight excluding hydrogens is 176 g/mol. The van der Waals surface area contributed by atoms with Crippen molar-refractivity contribution in [2.24, 2.45) is 7.05 Å². The maximum Gasteiger partial charge on any atom is 0.275 e. The minimum atomic E-state index is 0.0369. The Balaban J connectivity index is 2.79. The topological polar surface area (TPSA) is 26.9 Å². The highest BCUT2D eigenvalue weighted by atomic mass is 16.1. The van der Waals surface area contributed by atoms with E-state index in [0.29, 0.717) is 6.54 Å². The summed E-state index contributed by atoms with van der Waals surface area (Å²) in [4.78, 5) is 11.9. The van der Waals surface area contributed by atoms with Crippen LogP contribution in [-0.2, 0) is 13.6 Å². The van der Waals surface area contributed by atoms with Gasteiger partial charge in [0.2, 0.25) is 0 Å². The first-order valence-corrected chi connectivity index (χ1v) is 4.49. The van der Waals surface area contributed by atoms with Gasteiger partial charge in [0.25, 0.3) is 5.56 Å². The van der Waals surface area contributed by atoms with Crippen LogP contribution in [0.4, 0.5) is 0 Å². The Hall–Kier alpha value is -1.77. The molecule has 0 aliphatic carbocycles. The van der Waals surface area contributed by atoms with Crippen LogP contribution in [-0.4, -0.2) is 9.13 Å². The quantitative estimate of drug-likeness (QED) is 0.656. The smallest absolute Gasteiger partial charge is 0.275 e. The Bertz CT molecular complexity index is 534. The Morgan fingerprint density at radius 1 is 1.43 bits per heavy atom. The van der Waals surface area contributed by atoms with Crippen molar-refractivity contribution in [3.63, 3.8) is 0 Å².